The number of rotatable bonds is 11. The lowest BCUT2D eigenvalue weighted by molar-refractivity contribution is -0.134. The largest absolute Gasteiger partial charge is 0.467 e. The van der Waals surface area contributed by atoms with Crippen molar-refractivity contribution in [2.24, 2.45) is 14.1 Å². The fourth-order valence-electron chi connectivity index (χ4n) is 11.3. The Kier molecular flexibility index (Phi) is 12.2. The average molecular weight is 992 g/mol. The molecule has 3 aromatic carbocycles. The third-order valence-corrected chi connectivity index (χ3v) is 14.9. The number of para-hydroxylation sites is 1. The zero-order chi connectivity index (χ0) is 50.7. The molecule has 11 rings (SSSR count). The maximum atomic E-state index is 16.5. The van der Waals surface area contributed by atoms with Crippen LogP contribution >= 0.6 is 0 Å². The highest BCUT2D eigenvalue weighted by atomic mass is 19.3. The standard InChI is InChI=1S/C53H55F2N13O5/c1-5-37-39(19-22-57-48(37)67-29-28-66(52(67)72)36-8-7-21-56-31-36)38-16-15-35(68-50(73-4)60-62(3)51(68)71)30-42(38)33-11-13-34(14-12-33)65-23-20-44(53(54,55)32-65)64-26-24-63(25-27-64)43-10-6-9-40-46(59-61(2)47(40)43)41-17-18-45(69)58-49(41)70/h6-16,19,21-22,30-31,41,44H,5,17-18,20,23-29,32H2,1-4H3,(H,58,69,70)/t41?,44-/m0/s1. The van der Waals surface area contributed by atoms with Crippen molar-refractivity contribution >= 4 is 51.6 Å². The molecule has 4 fully saturated rings. The van der Waals surface area contributed by atoms with Gasteiger partial charge < -0.3 is 14.5 Å². The van der Waals surface area contributed by atoms with Crippen molar-refractivity contribution in [3.05, 3.63) is 119 Å². The van der Waals surface area contributed by atoms with Gasteiger partial charge in [0.05, 0.1) is 60.1 Å². The second kappa shape index (κ2) is 18.9. The van der Waals surface area contributed by atoms with Crippen LogP contribution in [0.3, 0.4) is 0 Å². The molecule has 1 N–H and O–H groups in total. The highest BCUT2D eigenvalue weighted by molar-refractivity contribution is 6.07. The van der Waals surface area contributed by atoms with E-state index in [-0.39, 0.29) is 36.7 Å². The number of amides is 4. The molecular formula is C53H55F2N13O5. The summed E-state index contributed by atoms with van der Waals surface area (Å²) in [5.41, 5.74) is 8.02. The van der Waals surface area contributed by atoms with Gasteiger partial charge in [0.1, 0.15) is 5.82 Å². The van der Waals surface area contributed by atoms with Gasteiger partial charge >= 0.3 is 17.7 Å². The summed E-state index contributed by atoms with van der Waals surface area (Å²) in [4.78, 5) is 70.3. The minimum absolute atomic E-state index is 0.114. The SMILES string of the molecule is CCc1c(-c2ccc(-n3c(OC)nn(C)c3=O)cc2-c2ccc(N3CC[C@H](N4CCN(c5cccc6c(C7CCC(=O)NC7=O)nn(C)c56)CC4)C(F)(F)C3)cc2)ccnc1N1CCN(c2cccnc2)C1=O. The number of aromatic nitrogens is 7. The second-order valence-corrected chi connectivity index (χ2v) is 19.0. The minimum atomic E-state index is -3.00. The predicted molar refractivity (Wildman–Crippen MR) is 273 cm³/mol. The molecule has 18 nitrogen and oxygen atoms in total. The van der Waals surface area contributed by atoms with Gasteiger partial charge in [0.2, 0.25) is 11.8 Å². The third-order valence-electron chi connectivity index (χ3n) is 14.9. The van der Waals surface area contributed by atoms with E-state index in [0.29, 0.717) is 87.2 Å². The van der Waals surface area contributed by atoms with E-state index in [2.05, 4.69) is 20.3 Å². The van der Waals surface area contributed by atoms with Crippen molar-refractivity contribution in [2.75, 3.05) is 79.1 Å². The fraction of sp³-hybridized carbons (Fsp3) is 0.358. The first-order valence-corrected chi connectivity index (χ1v) is 24.7. The first kappa shape index (κ1) is 47.3. The monoisotopic (exact) mass is 991 g/mol. The number of nitrogens with one attached hydrogen (secondary N) is 1. The zero-order valence-electron chi connectivity index (χ0n) is 41.0. The van der Waals surface area contributed by atoms with Crippen LogP contribution in [0.2, 0.25) is 0 Å². The predicted octanol–water partition coefficient (Wildman–Crippen LogP) is 6.16. The summed E-state index contributed by atoms with van der Waals surface area (Å²) < 4.78 is 42.9. The number of pyridine rings is 2. The van der Waals surface area contributed by atoms with Gasteiger partial charge in [0.25, 0.3) is 5.92 Å². The first-order chi connectivity index (χ1) is 35.3. The number of nitrogens with zero attached hydrogens (tertiary/aromatic N) is 12. The highest BCUT2D eigenvalue weighted by Crippen LogP contribution is 2.42. The molecule has 4 amide bonds. The summed E-state index contributed by atoms with van der Waals surface area (Å²) >= 11 is 0. The van der Waals surface area contributed by atoms with Crippen LogP contribution < -0.4 is 35.3 Å². The molecule has 7 aromatic rings. The van der Waals surface area contributed by atoms with Crippen LogP contribution in [0.1, 0.15) is 43.4 Å². The number of hydrogen-bond acceptors (Lipinski definition) is 12. The lowest BCUT2D eigenvalue weighted by atomic mass is 9.90. The van der Waals surface area contributed by atoms with Crippen LogP contribution in [0.4, 0.5) is 36.5 Å². The van der Waals surface area contributed by atoms with Gasteiger partial charge in [0.15, 0.2) is 0 Å². The minimum Gasteiger partial charge on any atom is -0.467 e. The Balaban J connectivity index is 0.835. The molecule has 2 atom stereocenters. The van der Waals surface area contributed by atoms with Crippen LogP contribution in [-0.4, -0.2) is 128 Å². The molecule has 73 heavy (non-hydrogen) atoms. The van der Waals surface area contributed by atoms with Gasteiger partial charge in [0, 0.05) is 95.4 Å². The van der Waals surface area contributed by atoms with Gasteiger partial charge in [-0.25, -0.2) is 32.6 Å². The Morgan fingerprint density at radius 3 is 2.26 bits per heavy atom. The average Bonchev–Trinajstić information content (AvgIpc) is 4.06. The molecule has 4 aromatic heterocycles. The fourth-order valence-corrected chi connectivity index (χ4v) is 11.3. The van der Waals surface area contributed by atoms with Crippen molar-refractivity contribution in [1.29, 1.82) is 0 Å². The molecule has 20 heteroatoms. The van der Waals surface area contributed by atoms with Crippen molar-refractivity contribution in [1.82, 2.24) is 44.3 Å². The Morgan fingerprint density at radius 2 is 1.53 bits per heavy atom. The van der Waals surface area contributed by atoms with Gasteiger partial charge in [-0.05, 0) is 90.0 Å². The lowest BCUT2D eigenvalue weighted by Crippen LogP contribution is -2.62. The summed E-state index contributed by atoms with van der Waals surface area (Å²) in [5.74, 6) is -3.59. The smallest absolute Gasteiger partial charge is 0.353 e. The number of benzene rings is 3. The van der Waals surface area contributed by atoms with Gasteiger partial charge in [-0.3, -0.25) is 39.3 Å². The van der Waals surface area contributed by atoms with E-state index >= 15 is 8.78 Å². The van der Waals surface area contributed by atoms with Gasteiger partial charge in [-0.2, -0.15) is 5.10 Å². The van der Waals surface area contributed by atoms with E-state index in [1.165, 1.54) is 16.4 Å². The Bertz CT molecular complexity index is 3330. The maximum absolute atomic E-state index is 16.5. The lowest BCUT2D eigenvalue weighted by Gasteiger charge is -2.47. The van der Waals surface area contributed by atoms with Gasteiger partial charge in [-0.15, -0.1) is 5.10 Å². The number of carbonyl (C=O) groups is 3. The topological polar surface area (TPSA) is 172 Å². The van der Waals surface area contributed by atoms with Gasteiger partial charge in [-0.1, -0.05) is 37.3 Å². The molecule has 4 aliphatic rings. The number of halogens is 2. The third kappa shape index (κ3) is 8.41. The summed E-state index contributed by atoms with van der Waals surface area (Å²) in [5, 5.41) is 12.3. The number of methoxy groups -OCH3 is 1. The Labute approximate surface area is 419 Å². The maximum Gasteiger partial charge on any atom is 0.353 e. The van der Waals surface area contributed by atoms with Crippen molar-refractivity contribution in [3.63, 3.8) is 0 Å². The number of imide groups is 1. The number of urea groups is 1. The van der Waals surface area contributed by atoms with Crippen LogP contribution in [0, 0.1) is 0 Å². The van der Waals surface area contributed by atoms with Crippen LogP contribution in [0.15, 0.2) is 102 Å². The van der Waals surface area contributed by atoms with Crippen LogP contribution in [0.5, 0.6) is 6.01 Å². The number of alkyl halides is 2. The molecule has 376 valence electrons. The van der Waals surface area contributed by atoms with Crippen LogP contribution in [0.25, 0.3) is 38.8 Å². The summed E-state index contributed by atoms with van der Waals surface area (Å²) in [7, 11) is 4.85. The normalized spacial score (nSPS) is 19.6. The number of aryl methyl sites for hydroxylation is 2. The number of piperazine rings is 1. The van der Waals surface area contributed by atoms with Crippen molar-refractivity contribution < 1.29 is 27.9 Å². The van der Waals surface area contributed by atoms with Crippen LogP contribution in [-0.2, 0) is 30.1 Å². The quantitative estimate of drug-likeness (QED) is 0.147. The Hall–Kier alpha value is -8.00. The highest BCUT2D eigenvalue weighted by Gasteiger charge is 2.48. The van der Waals surface area contributed by atoms with E-state index in [9.17, 15) is 19.2 Å². The molecule has 0 bridgehead atoms. The molecular weight excluding hydrogens is 937 g/mol. The molecule has 8 heterocycles. The summed E-state index contributed by atoms with van der Waals surface area (Å²) in [6.07, 6.45) is 6.53. The van der Waals surface area contributed by atoms with E-state index < -0.39 is 30.1 Å². The van der Waals surface area contributed by atoms with Crippen molar-refractivity contribution in [2.45, 2.75) is 50.5 Å². The second-order valence-electron chi connectivity index (χ2n) is 19.0. The summed E-state index contributed by atoms with van der Waals surface area (Å²) in [6.45, 7) is 4.93. The molecule has 0 aliphatic carbocycles. The molecule has 0 saturated carbocycles. The number of piperidine rings is 2. The van der Waals surface area contributed by atoms with E-state index in [4.69, 9.17) is 14.8 Å². The van der Waals surface area contributed by atoms with E-state index in [0.717, 1.165) is 44.4 Å². The molecule has 1 unspecified atom stereocenters. The molecule has 0 radical (unpaired) electrons. The number of ether oxygens (including phenoxy) is 1. The zero-order valence-corrected chi connectivity index (χ0v) is 41.0. The number of hydrogen-bond donors (Lipinski definition) is 1. The molecule has 0 spiro atoms. The Morgan fingerprint density at radius 1 is 0.753 bits per heavy atom. The summed E-state index contributed by atoms with van der Waals surface area (Å²) in [6, 6.07) is 23.7. The number of carbonyl (C=O) groups excluding carboxylic acids is 3. The first-order valence-electron chi connectivity index (χ1n) is 24.7. The van der Waals surface area contributed by atoms with Crippen molar-refractivity contribution in [3.8, 4) is 34.0 Å². The van der Waals surface area contributed by atoms with E-state index in [1.54, 1.807) is 51.1 Å². The molecule has 4 saturated heterocycles. The number of fused-ring (bicyclic) bond motifs is 1. The molecule has 4 aliphatic heterocycles. The van der Waals surface area contributed by atoms with E-state index in [1.807, 2.05) is 91.7 Å². The number of anilines is 4.